The fraction of sp³-hybridized carbons (Fsp3) is 0.292. The highest BCUT2D eigenvalue weighted by Gasteiger charge is 2.36. The van der Waals surface area contributed by atoms with Gasteiger partial charge < -0.3 is 20.1 Å². The van der Waals surface area contributed by atoms with Gasteiger partial charge in [-0.05, 0) is 42.7 Å². The first kappa shape index (κ1) is 21.4. The highest BCUT2D eigenvalue weighted by Crippen LogP contribution is 2.41. The molecule has 2 amide bonds. The van der Waals surface area contributed by atoms with Gasteiger partial charge in [-0.3, -0.25) is 9.59 Å². The highest BCUT2D eigenvalue weighted by atomic mass is 16.5. The van der Waals surface area contributed by atoms with Crippen molar-refractivity contribution in [2.24, 2.45) is 0 Å². The topological polar surface area (TPSA) is 94.5 Å². The number of aromatic nitrogens is 2. The van der Waals surface area contributed by atoms with Gasteiger partial charge in [0.1, 0.15) is 11.9 Å². The van der Waals surface area contributed by atoms with Crippen LogP contribution in [0.15, 0.2) is 42.5 Å². The lowest BCUT2D eigenvalue weighted by Crippen LogP contribution is -2.24. The summed E-state index contributed by atoms with van der Waals surface area (Å²) < 4.78 is 12.3. The number of hydrogen-bond acceptors (Lipinski definition) is 5. The minimum absolute atomic E-state index is 0.0105. The van der Waals surface area contributed by atoms with Crippen LogP contribution in [0.3, 0.4) is 0 Å². The number of amides is 2. The maximum atomic E-state index is 12.7. The Hall–Kier alpha value is -3.81. The van der Waals surface area contributed by atoms with Gasteiger partial charge in [0.15, 0.2) is 11.5 Å². The fourth-order valence-corrected chi connectivity index (χ4v) is 4.05. The molecule has 0 aliphatic carbocycles. The van der Waals surface area contributed by atoms with Crippen molar-refractivity contribution in [3.63, 3.8) is 0 Å². The van der Waals surface area contributed by atoms with E-state index in [0.29, 0.717) is 17.3 Å². The number of anilines is 2. The summed E-state index contributed by atoms with van der Waals surface area (Å²) >= 11 is 0. The number of carbonyl (C=O) groups excluding carboxylic acids is 2. The maximum Gasteiger partial charge on any atom is 0.251 e. The third kappa shape index (κ3) is 3.79. The van der Waals surface area contributed by atoms with Crippen LogP contribution in [0.4, 0.5) is 11.5 Å². The number of carbonyl (C=O) groups is 2. The van der Waals surface area contributed by atoms with Gasteiger partial charge in [-0.2, -0.15) is 5.10 Å². The number of rotatable bonds is 7. The van der Waals surface area contributed by atoms with Gasteiger partial charge >= 0.3 is 0 Å². The first-order chi connectivity index (χ1) is 15.5. The van der Waals surface area contributed by atoms with E-state index in [1.165, 1.54) is 0 Å². The van der Waals surface area contributed by atoms with E-state index < -0.39 is 6.04 Å². The quantitative estimate of drug-likeness (QED) is 0.587. The molecule has 1 aromatic heterocycles. The van der Waals surface area contributed by atoms with Crippen LogP contribution >= 0.6 is 0 Å². The van der Waals surface area contributed by atoms with E-state index in [0.717, 1.165) is 34.5 Å². The molecule has 1 aliphatic rings. The largest absolute Gasteiger partial charge is 0.493 e. The summed E-state index contributed by atoms with van der Waals surface area (Å²) in [6.45, 7) is 3.90. The van der Waals surface area contributed by atoms with Crippen molar-refractivity contribution < 1.29 is 19.1 Å². The number of benzene rings is 2. The highest BCUT2D eigenvalue weighted by molar-refractivity contribution is 6.04. The van der Waals surface area contributed by atoms with E-state index in [4.69, 9.17) is 9.47 Å². The molecule has 8 nitrogen and oxygen atoms in total. The Morgan fingerprint density at radius 1 is 1.16 bits per heavy atom. The van der Waals surface area contributed by atoms with Crippen LogP contribution < -0.4 is 20.1 Å². The van der Waals surface area contributed by atoms with Crippen LogP contribution in [-0.4, -0.2) is 35.8 Å². The lowest BCUT2D eigenvalue weighted by Gasteiger charge is -2.12. The van der Waals surface area contributed by atoms with Crippen molar-refractivity contribution in [2.45, 2.75) is 32.7 Å². The Morgan fingerprint density at radius 2 is 1.91 bits per heavy atom. The number of nitrogens with one attached hydrogen (secondary N) is 2. The summed E-state index contributed by atoms with van der Waals surface area (Å²) in [6, 6.07) is 12.5. The Balaban J connectivity index is 1.61. The molecule has 0 bridgehead atoms. The molecule has 1 unspecified atom stereocenters. The molecule has 1 atom stereocenters. The molecule has 32 heavy (non-hydrogen) atoms. The molecule has 1 aliphatic heterocycles. The fourth-order valence-electron chi connectivity index (χ4n) is 4.05. The van der Waals surface area contributed by atoms with Crippen LogP contribution in [0.5, 0.6) is 11.5 Å². The van der Waals surface area contributed by atoms with E-state index in [1.54, 1.807) is 18.9 Å². The van der Waals surface area contributed by atoms with Crippen LogP contribution in [-0.2, 0) is 16.0 Å². The van der Waals surface area contributed by atoms with Gasteiger partial charge in [-0.25, -0.2) is 4.68 Å². The van der Waals surface area contributed by atoms with E-state index in [1.807, 2.05) is 56.3 Å². The molecular formula is C24H26N4O4. The van der Waals surface area contributed by atoms with Crippen molar-refractivity contribution in [2.75, 3.05) is 24.9 Å². The maximum absolute atomic E-state index is 12.7. The zero-order chi connectivity index (χ0) is 22.8. The molecule has 0 spiro atoms. The summed E-state index contributed by atoms with van der Waals surface area (Å²) in [5, 5.41) is 10.4. The lowest BCUT2D eigenvalue weighted by molar-refractivity contribution is -0.123. The molecule has 2 N–H and O–H groups in total. The molecule has 2 aromatic carbocycles. The molecule has 166 valence electrons. The Labute approximate surface area is 186 Å². The molecule has 0 radical (unpaired) electrons. The predicted octanol–water partition coefficient (Wildman–Crippen LogP) is 3.96. The second kappa shape index (κ2) is 8.74. The summed E-state index contributed by atoms with van der Waals surface area (Å²) in [4.78, 5) is 25.5. The number of ether oxygens (including phenoxy) is 2. The molecule has 8 heteroatoms. The van der Waals surface area contributed by atoms with Crippen molar-refractivity contribution in [1.29, 1.82) is 0 Å². The summed E-state index contributed by atoms with van der Waals surface area (Å²) in [6.07, 6.45) is 0.793. The minimum Gasteiger partial charge on any atom is -0.493 e. The molecule has 3 aromatic rings. The van der Waals surface area contributed by atoms with Crippen molar-refractivity contribution >= 4 is 23.3 Å². The van der Waals surface area contributed by atoms with E-state index in [9.17, 15) is 9.59 Å². The molecule has 2 heterocycles. The summed E-state index contributed by atoms with van der Waals surface area (Å²) in [5.74, 6) is 1.28. The smallest absolute Gasteiger partial charge is 0.251 e. The average molecular weight is 434 g/mol. The third-order valence-electron chi connectivity index (χ3n) is 5.65. The monoisotopic (exact) mass is 434 g/mol. The number of nitrogens with zero attached hydrogens (tertiary/aromatic N) is 2. The second-order valence-electron chi connectivity index (χ2n) is 7.59. The van der Waals surface area contributed by atoms with Gasteiger partial charge in [0.2, 0.25) is 5.91 Å². The van der Waals surface area contributed by atoms with Crippen molar-refractivity contribution in [3.05, 3.63) is 53.7 Å². The number of methoxy groups -OCH3 is 2. The zero-order valence-corrected chi connectivity index (χ0v) is 18.6. The predicted molar refractivity (Wildman–Crippen MR) is 122 cm³/mol. The van der Waals surface area contributed by atoms with Crippen LogP contribution in [0.25, 0.3) is 11.1 Å². The summed E-state index contributed by atoms with van der Waals surface area (Å²) in [5.41, 5.74) is 4.18. The van der Waals surface area contributed by atoms with Crippen LogP contribution in [0, 0.1) is 6.92 Å². The Morgan fingerprint density at radius 3 is 2.62 bits per heavy atom. The van der Waals surface area contributed by atoms with Gasteiger partial charge in [0, 0.05) is 11.3 Å². The molecule has 0 saturated carbocycles. The third-order valence-corrected chi connectivity index (χ3v) is 5.65. The van der Waals surface area contributed by atoms with E-state index >= 15 is 0 Å². The molecule has 0 saturated heterocycles. The van der Waals surface area contributed by atoms with Gasteiger partial charge in [-0.15, -0.1) is 0 Å². The minimum atomic E-state index is -0.716. The van der Waals surface area contributed by atoms with Gasteiger partial charge in [0.05, 0.1) is 26.3 Å². The van der Waals surface area contributed by atoms with Crippen LogP contribution in [0.2, 0.25) is 0 Å². The average Bonchev–Trinajstić information content (AvgIpc) is 3.26. The van der Waals surface area contributed by atoms with Gasteiger partial charge in [-0.1, -0.05) is 31.2 Å². The number of fused-ring (bicyclic) bond motifs is 1. The number of hydrogen-bond donors (Lipinski definition) is 2. The van der Waals surface area contributed by atoms with E-state index in [-0.39, 0.29) is 18.2 Å². The molecular weight excluding hydrogens is 408 g/mol. The lowest BCUT2D eigenvalue weighted by atomic mass is 10.1. The SMILES string of the molecule is CCc1ccccc1NC(=O)CC1C(=O)Nc2c(-c3ccc(OC)c(OC)c3)c(C)nn21. The van der Waals surface area contributed by atoms with Gasteiger partial charge in [0.25, 0.3) is 5.91 Å². The van der Waals surface area contributed by atoms with Crippen LogP contribution in [0.1, 0.15) is 30.6 Å². The zero-order valence-electron chi connectivity index (χ0n) is 18.6. The first-order valence-electron chi connectivity index (χ1n) is 10.5. The number of para-hydroxylation sites is 1. The van der Waals surface area contributed by atoms with E-state index in [2.05, 4.69) is 15.7 Å². The number of aryl methyl sites for hydroxylation is 2. The Bertz CT molecular complexity index is 1180. The Kier molecular flexibility index (Phi) is 5.85. The second-order valence-corrected chi connectivity index (χ2v) is 7.59. The first-order valence-corrected chi connectivity index (χ1v) is 10.5. The normalized spacial score (nSPS) is 14.6. The molecule has 0 fully saturated rings. The van der Waals surface area contributed by atoms with Crippen molar-refractivity contribution in [3.8, 4) is 22.6 Å². The van der Waals surface area contributed by atoms with Crippen molar-refractivity contribution in [1.82, 2.24) is 9.78 Å². The molecule has 4 rings (SSSR count). The standard InChI is InChI=1S/C24H26N4O4/c1-5-15-8-6-7-9-17(15)25-21(29)13-18-24(30)26-23-22(14(2)27-28(18)23)16-10-11-19(31-3)20(12-16)32-4/h6-12,18H,5,13H2,1-4H3,(H,25,29)(H,26,30). The summed E-state index contributed by atoms with van der Waals surface area (Å²) in [7, 11) is 3.15.